The van der Waals surface area contributed by atoms with E-state index in [2.05, 4.69) is 6.92 Å². The number of rotatable bonds is 11. The van der Waals surface area contributed by atoms with Gasteiger partial charge in [0.2, 0.25) is 6.79 Å². The molecule has 0 amide bonds. The average Bonchev–Trinajstić information content (AvgIpc) is 2.93. The molecule has 4 rings (SSSR count). The molecule has 0 aliphatic heterocycles. The Morgan fingerprint density at radius 1 is 0.923 bits per heavy atom. The first-order valence-electron chi connectivity index (χ1n) is 12.8. The number of hydrogen-bond donors (Lipinski definition) is 0. The maximum atomic E-state index is 12.0. The van der Waals surface area contributed by atoms with Crippen LogP contribution < -0.4 is 14.2 Å². The van der Waals surface area contributed by atoms with Gasteiger partial charge in [-0.2, -0.15) is 0 Å². The molecule has 0 bridgehead atoms. The number of halogens is 1. The number of benzene rings is 3. The number of carbonyl (C=O) groups excluding carboxylic acids is 1. The predicted octanol–water partition coefficient (Wildman–Crippen LogP) is 8.65. The van der Waals surface area contributed by atoms with Gasteiger partial charge in [0.1, 0.15) is 23.0 Å². The van der Waals surface area contributed by atoms with E-state index in [1.165, 1.54) is 0 Å². The summed E-state index contributed by atoms with van der Waals surface area (Å²) in [6.45, 7) is 5.97. The van der Waals surface area contributed by atoms with Crippen molar-refractivity contribution in [3.8, 4) is 34.1 Å². The molecule has 7 nitrogen and oxygen atoms in total. The van der Waals surface area contributed by atoms with Crippen molar-refractivity contribution in [3.05, 3.63) is 76.9 Å². The second-order valence-electron chi connectivity index (χ2n) is 9.06. The highest BCUT2D eigenvalue weighted by Gasteiger charge is 2.19. The molecular formula is C31H32ClNO6. The van der Waals surface area contributed by atoms with Crippen LogP contribution in [0.15, 0.2) is 60.7 Å². The van der Waals surface area contributed by atoms with Crippen LogP contribution in [0.5, 0.6) is 23.0 Å². The van der Waals surface area contributed by atoms with E-state index >= 15 is 0 Å². The molecule has 0 saturated heterocycles. The van der Waals surface area contributed by atoms with E-state index in [0.29, 0.717) is 39.8 Å². The van der Waals surface area contributed by atoms with E-state index in [4.69, 9.17) is 40.3 Å². The highest BCUT2D eigenvalue weighted by atomic mass is 35.5. The monoisotopic (exact) mass is 549 g/mol. The van der Waals surface area contributed by atoms with Gasteiger partial charge >= 0.3 is 6.16 Å². The summed E-state index contributed by atoms with van der Waals surface area (Å²) < 4.78 is 27.7. The molecule has 204 valence electrons. The molecule has 0 spiro atoms. The van der Waals surface area contributed by atoms with Crippen molar-refractivity contribution in [1.82, 2.24) is 4.98 Å². The minimum atomic E-state index is -0.778. The molecule has 0 aliphatic rings. The van der Waals surface area contributed by atoms with Gasteiger partial charge in [0.25, 0.3) is 0 Å². The van der Waals surface area contributed by atoms with Crippen LogP contribution in [0.2, 0.25) is 5.02 Å². The average molecular weight is 550 g/mol. The van der Waals surface area contributed by atoms with Gasteiger partial charge in [0.15, 0.2) is 0 Å². The van der Waals surface area contributed by atoms with Crippen LogP contribution in [0.4, 0.5) is 4.79 Å². The number of methoxy groups -OCH3 is 1. The lowest BCUT2D eigenvalue weighted by molar-refractivity contribution is 0.00475. The van der Waals surface area contributed by atoms with Crippen molar-refractivity contribution in [2.45, 2.75) is 40.0 Å². The highest BCUT2D eigenvalue weighted by molar-refractivity contribution is 6.33. The van der Waals surface area contributed by atoms with E-state index in [9.17, 15) is 4.79 Å². The molecular weight excluding hydrogens is 518 g/mol. The maximum Gasteiger partial charge on any atom is 0.511 e. The molecule has 4 aromatic rings. The van der Waals surface area contributed by atoms with E-state index in [1.807, 2.05) is 62.4 Å². The van der Waals surface area contributed by atoms with Crippen molar-refractivity contribution in [1.29, 1.82) is 0 Å². The number of aryl methyl sites for hydroxylation is 2. The second kappa shape index (κ2) is 13.2. The largest absolute Gasteiger partial charge is 0.511 e. The lowest BCUT2D eigenvalue weighted by Crippen LogP contribution is -2.13. The van der Waals surface area contributed by atoms with Gasteiger partial charge in [0.05, 0.1) is 24.3 Å². The molecule has 0 aliphatic carbocycles. The fourth-order valence-electron chi connectivity index (χ4n) is 4.12. The third-order valence-corrected chi connectivity index (χ3v) is 6.43. The van der Waals surface area contributed by atoms with Crippen LogP contribution in [0.1, 0.15) is 37.4 Å². The smallest absolute Gasteiger partial charge is 0.495 e. The highest BCUT2D eigenvalue weighted by Crippen LogP contribution is 2.42. The molecule has 39 heavy (non-hydrogen) atoms. The first-order valence-corrected chi connectivity index (χ1v) is 13.2. The molecule has 0 radical (unpaired) electrons. The molecule has 0 saturated carbocycles. The van der Waals surface area contributed by atoms with Gasteiger partial charge in [-0.15, -0.1) is 0 Å². The minimum Gasteiger partial charge on any atom is -0.495 e. The zero-order valence-corrected chi connectivity index (χ0v) is 23.3. The molecule has 1 aromatic heterocycles. The fourth-order valence-corrected chi connectivity index (χ4v) is 4.36. The zero-order chi connectivity index (χ0) is 27.8. The molecule has 8 heteroatoms. The van der Waals surface area contributed by atoms with Crippen molar-refractivity contribution >= 4 is 28.7 Å². The van der Waals surface area contributed by atoms with E-state index < -0.39 is 6.16 Å². The Hall–Kier alpha value is -3.97. The molecule has 0 fully saturated rings. The number of unbranched alkanes of at least 4 members (excludes halogenated alkanes) is 2. The van der Waals surface area contributed by atoms with Crippen molar-refractivity contribution < 1.29 is 28.5 Å². The van der Waals surface area contributed by atoms with E-state index in [1.54, 1.807) is 19.2 Å². The first kappa shape index (κ1) is 28.0. The summed E-state index contributed by atoms with van der Waals surface area (Å²) in [4.78, 5) is 16.8. The summed E-state index contributed by atoms with van der Waals surface area (Å²) in [7, 11) is 1.55. The normalized spacial score (nSPS) is 10.8. The molecule has 0 unspecified atom stereocenters. The lowest BCUT2D eigenvalue weighted by Gasteiger charge is -2.18. The van der Waals surface area contributed by atoms with Gasteiger partial charge in [-0.05, 0) is 56.2 Å². The Labute approximate surface area is 233 Å². The molecule has 0 atom stereocenters. The van der Waals surface area contributed by atoms with Crippen LogP contribution in [-0.2, 0) is 9.47 Å². The first-order chi connectivity index (χ1) is 18.9. The van der Waals surface area contributed by atoms with Gasteiger partial charge in [-0.1, -0.05) is 61.2 Å². The Morgan fingerprint density at radius 3 is 2.28 bits per heavy atom. The summed E-state index contributed by atoms with van der Waals surface area (Å²) >= 11 is 6.46. The van der Waals surface area contributed by atoms with Gasteiger partial charge in [-0.25, -0.2) is 4.79 Å². The number of hydrogen-bond acceptors (Lipinski definition) is 7. The number of nitrogens with zero attached hydrogens (tertiary/aromatic N) is 1. The van der Waals surface area contributed by atoms with Gasteiger partial charge in [-0.3, -0.25) is 4.98 Å². The summed E-state index contributed by atoms with van der Waals surface area (Å²) in [5, 5.41) is 1.06. The zero-order valence-electron chi connectivity index (χ0n) is 22.6. The summed E-state index contributed by atoms with van der Waals surface area (Å²) in [5.41, 5.74) is 4.11. The third-order valence-electron chi connectivity index (χ3n) is 6.14. The van der Waals surface area contributed by atoms with Crippen molar-refractivity contribution in [2.24, 2.45) is 0 Å². The van der Waals surface area contributed by atoms with E-state index in [0.717, 1.165) is 47.4 Å². The van der Waals surface area contributed by atoms with Crippen LogP contribution in [0.25, 0.3) is 22.0 Å². The summed E-state index contributed by atoms with van der Waals surface area (Å²) in [6.07, 6.45) is 2.02. The molecule has 1 heterocycles. The summed E-state index contributed by atoms with van der Waals surface area (Å²) in [5.74, 6) is 2.42. The van der Waals surface area contributed by atoms with Crippen molar-refractivity contribution in [2.75, 3.05) is 20.5 Å². The predicted molar refractivity (Wildman–Crippen MR) is 152 cm³/mol. The quantitative estimate of drug-likeness (QED) is 0.105. The maximum absolute atomic E-state index is 12.0. The van der Waals surface area contributed by atoms with Gasteiger partial charge < -0.3 is 23.7 Å². The van der Waals surface area contributed by atoms with Crippen LogP contribution in [0, 0.1) is 13.8 Å². The van der Waals surface area contributed by atoms with Crippen molar-refractivity contribution in [3.63, 3.8) is 0 Å². The Kier molecular flexibility index (Phi) is 9.49. The summed E-state index contributed by atoms with van der Waals surface area (Å²) in [6, 6.07) is 19.0. The number of fused-ring (bicyclic) bond motifs is 1. The molecule has 0 N–H and O–H groups in total. The Bertz CT molecular complexity index is 1420. The minimum absolute atomic E-state index is 0.307. The topological polar surface area (TPSA) is 76.1 Å². The van der Waals surface area contributed by atoms with E-state index in [-0.39, 0.29) is 6.79 Å². The third kappa shape index (κ3) is 7.12. The Morgan fingerprint density at radius 2 is 1.62 bits per heavy atom. The SMILES string of the molecule is CCCCCOC(=O)OCOc1c(-c2ccc(Oc3ccc(C)cc3)cc2)c(C)nc2cc(OC)c(Cl)cc12. The number of ether oxygens (including phenoxy) is 5. The number of aromatic nitrogens is 1. The molecule has 3 aromatic carbocycles. The number of pyridine rings is 1. The van der Waals surface area contributed by atoms with Crippen LogP contribution >= 0.6 is 11.6 Å². The standard InChI is InChI=1S/C31H32ClNO6/c1-5-6-7-16-36-31(34)38-19-37-30-25-17-26(32)28(35-4)18-27(25)33-21(3)29(30)22-10-14-24(15-11-22)39-23-12-8-20(2)9-13-23/h8-15,17-18H,5-7,16,19H2,1-4H3. The Balaban J connectivity index is 1.63. The number of carbonyl (C=O) groups is 1. The lowest BCUT2D eigenvalue weighted by atomic mass is 10.00. The van der Waals surface area contributed by atoms with Gasteiger partial charge in [0, 0.05) is 22.7 Å². The second-order valence-corrected chi connectivity index (χ2v) is 9.46. The van der Waals surface area contributed by atoms with Crippen LogP contribution in [-0.4, -0.2) is 31.6 Å². The van der Waals surface area contributed by atoms with Crippen LogP contribution in [0.3, 0.4) is 0 Å². The fraction of sp³-hybridized carbons (Fsp3) is 0.290.